The van der Waals surface area contributed by atoms with E-state index in [0.717, 1.165) is 13.0 Å². The van der Waals surface area contributed by atoms with Crippen LogP contribution in [0.5, 0.6) is 0 Å². The molecule has 2 aromatic carbocycles. The highest BCUT2D eigenvalue weighted by molar-refractivity contribution is 5.85. The van der Waals surface area contributed by atoms with Gasteiger partial charge in [-0.25, -0.2) is 0 Å². The zero-order valence-corrected chi connectivity index (χ0v) is 12.8. The molecule has 3 aromatic rings. The molecule has 1 unspecified atom stereocenters. The molecular weight excluding hydrogens is 280 g/mol. The number of H-pyrrole nitrogens is 1. The van der Waals surface area contributed by atoms with Gasteiger partial charge in [-0.3, -0.25) is 0 Å². The molecule has 1 aliphatic heterocycles. The molecule has 0 saturated carbocycles. The Morgan fingerprint density at radius 1 is 1.00 bits per heavy atom. The second-order valence-electron chi connectivity index (χ2n) is 5.61. The van der Waals surface area contributed by atoms with Crippen molar-refractivity contribution >= 4 is 23.3 Å². The van der Waals surface area contributed by atoms with Crippen LogP contribution in [0.25, 0.3) is 10.9 Å². The van der Waals surface area contributed by atoms with Gasteiger partial charge in [-0.2, -0.15) is 0 Å². The third-order valence-corrected chi connectivity index (χ3v) is 4.27. The van der Waals surface area contributed by atoms with Gasteiger partial charge in [0.25, 0.3) is 0 Å². The molecule has 0 aliphatic carbocycles. The molecular formula is C18H19ClN2. The van der Waals surface area contributed by atoms with Gasteiger partial charge in [0, 0.05) is 23.1 Å². The van der Waals surface area contributed by atoms with Crippen LogP contribution in [0.4, 0.5) is 0 Å². The molecule has 0 spiro atoms. The summed E-state index contributed by atoms with van der Waals surface area (Å²) in [5, 5.41) is 5.02. The van der Waals surface area contributed by atoms with E-state index in [4.69, 9.17) is 0 Å². The van der Waals surface area contributed by atoms with Crippen molar-refractivity contribution in [3.8, 4) is 0 Å². The van der Waals surface area contributed by atoms with Crippen molar-refractivity contribution in [1.82, 2.24) is 10.3 Å². The van der Waals surface area contributed by atoms with Gasteiger partial charge in [0.1, 0.15) is 0 Å². The SMILES string of the molecule is Cc1ccc(C2NCCc3c2[nH]c2ccccc32)cc1.Cl. The van der Waals surface area contributed by atoms with Gasteiger partial charge in [0.2, 0.25) is 0 Å². The van der Waals surface area contributed by atoms with E-state index < -0.39 is 0 Å². The Hall–Kier alpha value is -1.77. The molecule has 21 heavy (non-hydrogen) atoms. The maximum absolute atomic E-state index is 3.64. The molecule has 108 valence electrons. The van der Waals surface area contributed by atoms with E-state index in [1.54, 1.807) is 0 Å². The van der Waals surface area contributed by atoms with Gasteiger partial charge >= 0.3 is 0 Å². The molecule has 0 amide bonds. The van der Waals surface area contributed by atoms with E-state index in [2.05, 4.69) is 65.8 Å². The van der Waals surface area contributed by atoms with Crippen molar-refractivity contribution in [3.63, 3.8) is 0 Å². The van der Waals surface area contributed by atoms with Crippen molar-refractivity contribution in [3.05, 3.63) is 70.9 Å². The van der Waals surface area contributed by atoms with Gasteiger partial charge in [-0.1, -0.05) is 48.0 Å². The van der Waals surface area contributed by atoms with E-state index in [9.17, 15) is 0 Å². The van der Waals surface area contributed by atoms with Crippen molar-refractivity contribution in [1.29, 1.82) is 0 Å². The molecule has 1 aliphatic rings. The summed E-state index contributed by atoms with van der Waals surface area (Å²) in [4.78, 5) is 3.62. The lowest BCUT2D eigenvalue weighted by Crippen LogP contribution is -2.30. The molecule has 0 fully saturated rings. The van der Waals surface area contributed by atoms with Crippen LogP contribution in [0, 0.1) is 6.92 Å². The van der Waals surface area contributed by atoms with E-state index in [-0.39, 0.29) is 18.4 Å². The third-order valence-electron chi connectivity index (χ3n) is 4.27. The normalized spacial score (nSPS) is 17.3. The van der Waals surface area contributed by atoms with Crippen LogP contribution in [0.3, 0.4) is 0 Å². The fraction of sp³-hybridized carbons (Fsp3) is 0.222. The number of hydrogen-bond donors (Lipinski definition) is 2. The monoisotopic (exact) mass is 298 g/mol. The van der Waals surface area contributed by atoms with Crippen LogP contribution in [0.1, 0.15) is 28.4 Å². The standard InChI is InChI=1S/C18H18N2.ClH/c1-12-6-8-13(9-7-12)17-18-15(10-11-19-17)14-4-2-3-5-16(14)20-18;/h2-9,17,19-20H,10-11H2,1H3;1H. The van der Waals surface area contributed by atoms with Crippen molar-refractivity contribution in [2.75, 3.05) is 6.54 Å². The van der Waals surface area contributed by atoms with Crippen LogP contribution < -0.4 is 5.32 Å². The number of fused-ring (bicyclic) bond motifs is 3. The summed E-state index contributed by atoms with van der Waals surface area (Å²) >= 11 is 0. The summed E-state index contributed by atoms with van der Waals surface area (Å²) < 4.78 is 0. The summed E-state index contributed by atoms with van der Waals surface area (Å²) in [5.41, 5.74) is 6.70. The first-order valence-corrected chi connectivity index (χ1v) is 7.22. The number of aromatic amines is 1. The number of hydrogen-bond acceptors (Lipinski definition) is 1. The summed E-state index contributed by atoms with van der Waals surface area (Å²) in [6, 6.07) is 17.7. The predicted molar refractivity (Wildman–Crippen MR) is 90.3 cm³/mol. The fourth-order valence-corrected chi connectivity index (χ4v) is 3.22. The molecule has 2 nitrogen and oxygen atoms in total. The van der Waals surface area contributed by atoms with Crippen LogP contribution in [-0.4, -0.2) is 11.5 Å². The second-order valence-corrected chi connectivity index (χ2v) is 5.61. The Bertz CT molecular complexity index is 758. The van der Waals surface area contributed by atoms with E-state index in [0.29, 0.717) is 0 Å². The molecule has 0 radical (unpaired) electrons. The minimum absolute atomic E-state index is 0. The maximum Gasteiger partial charge on any atom is 0.0732 e. The summed E-state index contributed by atoms with van der Waals surface area (Å²) in [5.74, 6) is 0. The molecule has 1 atom stereocenters. The number of nitrogens with one attached hydrogen (secondary N) is 2. The molecule has 2 N–H and O–H groups in total. The average molecular weight is 299 g/mol. The average Bonchev–Trinajstić information content (AvgIpc) is 2.87. The number of aromatic nitrogens is 1. The minimum atomic E-state index is 0. The molecule has 0 saturated heterocycles. The zero-order valence-electron chi connectivity index (χ0n) is 12.0. The topological polar surface area (TPSA) is 27.8 Å². The predicted octanol–water partition coefficient (Wildman–Crippen LogP) is 4.13. The highest BCUT2D eigenvalue weighted by atomic mass is 35.5. The first-order valence-electron chi connectivity index (χ1n) is 7.22. The Morgan fingerprint density at radius 3 is 2.57 bits per heavy atom. The zero-order chi connectivity index (χ0) is 13.5. The van der Waals surface area contributed by atoms with Crippen LogP contribution in [0.15, 0.2) is 48.5 Å². The number of rotatable bonds is 1. The van der Waals surface area contributed by atoms with Crippen molar-refractivity contribution < 1.29 is 0 Å². The lowest BCUT2D eigenvalue weighted by Gasteiger charge is -2.25. The van der Waals surface area contributed by atoms with Crippen LogP contribution >= 0.6 is 12.4 Å². The van der Waals surface area contributed by atoms with E-state index in [1.807, 2.05) is 0 Å². The Kier molecular flexibility index (Phi) is 3.75. The molecule has 3 heteroatoms. The summed E-state index contributed by atoms with van der Waals surface area (Å²) in [6.45, 7) is 3.17. The van der Waals surface area contributed by atoms with Gasteiger partial charge in [-0.05, 0) is 30.5 Å². The minimum Gasteiger partial charge on any atom is -0.357 e. The van der Waals surface area contributed by atoms with Gasteiger partial charge in [-0.15, -0.1) is 12.4 Å². The van der Waals surface area contributed by atoms with Crippen molar-refractivity contribution in [2.45, 2.75) is 19.4 Å². The summed E-state index contributed by atoms with van der Waals surface area (Å²) in [7, 11) is 0. The maximum atomic E-state index is 3.64. The quantitative estimate of drug-likeness (QED) is 0.694. The van der Waals surface area contributed by atoms with E-state index >= 15 is 0 Å². The van der Waals surface area contributed by atoms with E-state index in [1.165, 1.54) is 33.3 Å². The number of aryl methyl sites for hydroxylation is 1. The Balaban J connectivity index is 0.00000132. The first kappa shape index (κ1) is 14.2. The van der Waals surface area contributed by atoms with Crippen LogP contribution in [-0.2, 0) is 6.42 Å². The number of benzene rings is 2. The van der Waals surface area contributed by atoms with Crippen molar-refractivity contribution in [2.24, 2.45) is 0 Å². The fourth-order valence-electron chi connectivity index (χ4n) is 3.22. The Labute approximate surface area is 131 Å². The number of halogens is 1. The first-order chi connectivity index (χ1) is 9.83. The van der Waals surface area contributed by atoms with Gasteiger partial charge < -0.3 is 10.3 Å². The van der Waals surface area contributed by atoms with Gasteiger partial charge in [0.15, 0.2) is 0 Å². The largest absolute Gasteiger partial charge is 0.357 e. The molecule has 0 bridgehead atoms. The van der Waals surface area contributed by atoms with Gasteiger partial charge in [0.05, 0.1) is 6.04 Å². The lowest BCUT2D eigenvalue weighted by atomic mass is 9.94. The third kappa shape index (κ3) is 2.35. The Morgan fingerprint density at radius 2 is 1.76 bits per heavy atom. The molecule has 2 heterocycles. The molecule has 4 rings (SSSR count). The molecule has 1 aromatic heterocycles. The number of para-hydroxylation sites is 1. The second kappa shape index (κ2) is 5.55. The highest BCUT2D eigenvalue weighted by Gasteiger charge is 2.24. The van der Waals surface area contributed by atoms with Crippen LogP contribution in [0.2, 0.25) is 0 Å². The lowest BCUT2D eigenvalue weighted by molar-refractivity contribution is 0.560. The summed E-state index contributed by atoms with van der Waals surface area (Å²) in [6.07, 6.45) is 1.10. The highest BCUT2D eigenvalue weighted by Crippen LogP contribution is 2.33. The smallest absolute Gasteiger partial charge is 0.0732 e.